The number of halogens is 2. The largest absolute Gasteiger partial charge is 0.506 e. The molecule has 0 unspecified atom stereocenters. The minimum absolute atomic E-state index is 0.0216. The SMILES string of the molecule is O=C(/C=C\Nc1cc(Cl)ccc1O)c1ccc(F)cc1. The first kappa shape index (κ1) is 14.1. The number of carbonyl (C=O) groups excluding carboxylic acids is 1. The van der Waals surface area contributed by atoms with Crippen LogP contribution in [0.15, 0.2) is 54.7 Å². The molecule has 2 aromatic rings. The Labute approximate surface area is 120 Å². The van der Waals surface area contributed by atoms with Gasteiger partial charge in [-0.05, 0) is 42.5 Å². The molecule has 0 atom stereocenters. The summed E-state index contributed by atoms with van der Waals surface area (Å²) < 4.78 is 12.7. The highest BCUT2D eigenvalue weighted by Gasteiger charge is 2.02. The van der Waals surface area contributed by atoms with Gasteiger partial charge in [0.05, 0.1) is 5.69 Å². The number of nitrogens with one attached hydrogen (secondary N) is 1. The molecule has 0 saturated carbocycles. The van der Waals surface area contributed by atoms with E-state index in [1.807, 2.05) is 0 Å². The summed E-state index contributed by atoms with van der Waals surface area (Å²) in [6, 6.07) is 9.77. The van der Waals surface area contributed by atoms with Gasteiger partial charge in [-0.1, -0.05) is 11.6 Å². The van der Waals surface area contributed by atoms with Gasteiger partial charge in [0, 0.05) is 22.9 Å². The van der Waals surface area contributed by atoms with Crippen molar-refractivity contribution in [2.45, 2.75) is 0 Å². The Hall–Kier alpha value is -2.33. The number of phenolic OH excluding ortho intramolecular Hbond substituents is 1. The summed E-state index contributed by atoms with van der Waals surface area (Å²) in [5.74, 6) is -0.653. The summed E-state index contributed by atoms with van der Waals surface area (Å²) in [5.41, 5.74) is 0.764. The third-order valence-electron chi connectivity index (χ3n) is 2.56. The second-order valence-corrected chi connectivity index (χ2v) is 4.45. The van der Waals surface area contributed by atoms with Crippen molar-refractivity contribution in [3.63, 3.8) is 0 Å². The number of anilines is 1. The smallest absolute Gasteiger partial charge is 0.187 e. The number of benzene rings is 2. The van der Waals surface area contributed by atoms with E-state index in [-0.39, 0.29) is 11.5 Å². The van der Waals surface area contributed by atoms with Gasteiger partial charge in [-0.15, -0.1) is 0 Å². The average Bonchev–Trinajstić information content (AvgIpc) is 2.43. The summed E-state index contributed by atoms with van der Waals surface area (Å²) in [6.07, 6.45) is 2.67. The Balaban J connectivity index is 2.04. The summed E-state index contributed by atoms with van der Waals surface area (Å²) in [5, 5.41) is 12.8. The van der Waals surface area contributed by atoms with Crippen molar-refractivity contribution in [1.82, 2.24) is 0 Å². The fourth-order valence-corrected chi connectivity index (χ4v) is 1.71. The molecule has 2 N–H and O–H groups in total. The fourth-order valence-electron chi connectivity index (χ4n) is 1.54. The van der Waals surface area contributed by atoms with Crippen LogP contribution in [0.1, 0.15) is 10.4 Å². The normalized spacial score (nSPS) is 10.7. The van der Waals surface area contributed by atoms with Crippen LogP contribution in [0.3, 0.4) is 0 Å². The zero-order valence-electron chi connectivity index (χ0n) is 10.3. The van der Waals surface area contributed by atoms with Gasteiger partial charge < -0.3 is 10.4 Å². The van der Waals surface area contributed by atoms with Gasteiger partial charge in [-0.2, -0.15) is 0 Å². The van der Waals surface area contributed by atoms with E-state index in [2.05, 4.69) is 5.32 Å². The second kappa shape index (κ2) is 6.21. The van der Waals surface area contributed by atoms with Crippen molar-refractivity contribution in [1.29, 1.82) is 0 Å². The van der Waals surface area contributed by atoms with Gasteiger partial charge in [0.1, 0.15) is 11.6 Å². The lowest BCUT2D eigenvalue weighted by molar-refractivity contribution is 0.104. The number of allylic oxidation sites excluding steroid dienone is 1. The van der Waals surface area contributed by atoms with Crippen LogP contribution in [0.5, 0.6) is 5.75 Å². The molecule has 2 rings (SSSR count). The molecule has 2 aromatic carbocycles. The van der Waals surface area contributed by atoms with E-state index >= 15 is 0 Å². The minimum Gasteiger partial charge on any atom is -0.506 e. The number of ketones is 1. The minimum atomic E-state index is -0.396. The quantitative estimate of drug-likeness (QED) is 0.509. The van der Waals surface area contributed by atoms with E-state index in [1.54, 1.807) is 6.07 Å². The number of hydrogen-bond donors (Lipinski definition) is 2. The molecule has 102 valence electrons. The van der Waals surface area contributed by atoms with Crippen molar-refractivity contribution < 1.29 is 14.3 Å². The zero-order valence-corrected chi connectivity index (χ0v) is 11.1. The molecule has 0 spiro atoms. The van der Waals surface area contributed by atoms with E-state index in [9.17, 15) is 14.3 Å². The van der Waals surface area contributed by atoms with Gasteiger partial charge in [-0.25, -0.2) is 4.39 Å². The lowest BCUT2D eigenvalue weighted by Crippen LogP contribution is -1.96. The molecule has 0 fully saturated rings. The monoisotopic (exact) mass is 291 g/mol. The average molecular weight is 292 g/mol. The first-order chi connectivity index (χ1) is 9.56. The van der Waals surface area contributed by atoms with E-state index in [1.165, 1.54) is 48.7 Å². The molecule has 0 heterocycles. The van der Waals surface area contributed by atoms with Gasteiger partial charge in [-0.3, -0.25) is 4.79 Å². The highest BCUT2D eigenvalue weighted by atomic mass is 35.5. The molecule has 0 radical (unpaired) electrons. The van der Waals surface area contributed by atoms with Gasteiger partial charge in [0.15, 0.2) is 5.78 Å². The van der Waals surface area contributed by atoms with Crippen molar-refractivity contribution in [3.05, 3.63) is 71.1 Å². The zero-order chi connectivity index (χ0) is 14.5. The highest BCUT2D eigenvalue weighted by Crippen LogP contribution is 2.26. The summed E-state index contributed by atoms with van der Waals surface area (Å²) in [6.45, 7) is 0. The number of rotatable bonds is 4. The van der Waals surface area contributed by atoms with Gasteiger partial charge in [0.2, 0.25) is 0 Å². The van der Waals surface area contributed by atoms with Crippen molar-refractivity contribution in [3.8, 4) is 5.75 Å². The van der Waals surface area contributed by atoms with Crippen molar-refractivity contribution in [2.75, 3.05) is 5.32 Å². The number of aromatic hydroxyl groups is 1. The number of phenols is 1. The van der Waals surface area contributed by atoms with Crippen LogP contribution < -0.4 is 5.32 Å². The molecule has 0 bridgehead atoms. The third kappa shape index (κ3) is 3.59. The third-order valence-corrected chi connectivity index (χ3v) is 2.80. The molecule has 20 heavy (non-hydrogen) atoms. The van der Waals surface area contributed by atoms with E-state index in [4.69, 9.17) is 11.6 Å². The number of hydrogen-bond acceptors (Lipinski definition) is 3. The van der Waals surface area contributed by atoms with Crippen molar-refractivity contribution >= 4 is 23.1 Å². The molecule has 5 heteroatoms. The van der Waals surface area contributed by atoms with Crippen LogP contribution in [-0.4, -0.2) is 10.9 Å². The second-order valence-electron chi connectivity index (χ2n) is 4.01. The van der Waals surface area contributed by atoms with Crippen LogP contribution in [0, 0.1) is 5.82 Å². The molecule has 3 nitrogen and oxygen atoms in total. The first-order valence-corrected chi connectivity index (χ1v) is 6.15. The maximum absolute atomic E-state index is 12.7. The van der Waals surface area contributed by atoms with Crippen LogP contribution in [0.4, 0.5) is 10.1 Å². The predicted molar refractivity (Wildman–Crippen MR) is 76.6 cm³/mol. The maximum atomic E-state index is 12.7. The Kier molecular flexibility index (Phi) is 4.38. The van der Waals surface area contributed by atoms with Crippen molar-refractivity contribution in [2.24, 2.45) is 0 Å². The Morgan fingerprint density at radius 1 is 1.20 bits per heavy atom. The summed E-state index contributed by atoms with van der Waals surface area (Å²) in [4.78, 5) is 11.8. The summed E-state index contributed by atoms with van der Waals surface area (Å²) in [7, 11) is 0. The lowest BCUT2D eigenvalue weighted by atomic mass is 10.1. The molecule has 0 aliphatic heterocycles. The maximum Gasteiger partial charge on any atom is 0.187 e. The highest BCUT2D eigenvalue weighted by molar-refractivity contribution is 6.30. The molecule has 0 amide bonds. The molecular formula is C15H11ClFNO2. The van der Waals surface area contributed by atoms with Crippen LogP contribution in [0.2, 0.25) is 5.02 Å². The van der Waals surface area contributed by atoms with E-state index in [0.717, 1.165) is 0 Å². The molecule has 0 aromatic heterocycles. The van der Waals surface area contributed by atoms with E-state index in [0.29, 0.717) is 16.3 Å². The topological polar surface area (TPSA) is 49.3 Å². The lowest BCUT2D eigenvalue weighted by Gasteiger charge is -2.04. The van der Waals surface area contributed by atoms with Gasteiger partial charge >= 0.3 is 0 Å². The standard InChI is InChI=1S/C15H11ClFNO2/c16-11-3-6-15(20)13(9-11)18-8-7-14(19)10-1-4-12(17)5-2-10/h1-9,18,20H/b8-7-. The Bertz CT molecular complexity index is 653. The van der Waals surface area contributed by atoms with Crippen LogP contribution >= 0.6 is 11.6 Å². The summed E-state index contributed by atoms with van der Waals surface area (Å²) >= 11 is 5.79. The molecular weight excluding hydrogens is 281 g/mol. The molecule has 0 aliphatic carbocycles. The Morgan fingerprint density at radius 3 is 2.60 bits per heavy atom. The van der Waals surface area contributed by atoms with E-state index < -0.39 is 5.82 Å². The van der Waals surface area contributed by atoms with Crippen LogP contribution in [0.25, 0.3) is 0 Å². The Morgan fingerprint density at radius 2 is 1.90 bits per heavy atom. The van der Waals surface area contributed by atoms with Gasteiger partial charge in [0.25, 0.3) is 0 Å². The van der Waals surface area contributed by atoms with Crippen LogP contribution in [-0.2, 0) is 0 Å². The number of carbonyl (C=O) groups is 1. The predicted octanol–water partition coefficient (Wildman–Crippen LogP) is 3.99. The molecule has 0 aliphatic rings. The first-order valence-electron chi connectivity index (χ1n) is 5.78. The molecule has 0 saturated heterocycles. The fraction of sp³-hybridized carbons (Fsp3) is 0.